The highest BCUT2D eigenvalue weighted by molar-refractivity contribution is 5.87. The summed E-state index contributed by atoms with van der Waals surface area (Å²) < 4.78 is 12.2. The van der Waals surface area contributed by atoms with Crippen LogP contribution in [-0.4, -0.2) is 56.1 Å². The average molecular weight is 363 g/mol. The van der Waals surface area contributed by atoms with E-state index in [9.17, 15) is 4.79 Å². The number of nitrogens with zero attached hydrogens (tertiary/aromatic N) is 6. The molecule has 0 saturated carbocycles. The van der Waals surface area contributed by atoms with Crippen LogP contribution in [0.25, 0.3) is 0 Å². The molecule has 0 radical (unpaired) electrons. The number of methoxy groups -OCH3 is 1. The molecule has 10 nitrogen and oxygen atoms in total. The first kappa shape index (κ1) is 18.3. The quantitative estimate of drug-likeness (QED) is 0.836. The number of nitrogens with one attached hydrogen (secondary N) is 1. The topological polar surface area (TPSA) is 111 Å². The Balaban J connectivity index is 1.68. The molecule has 0 aromatic carbocycles. The number of aromatic nitrogens is 5. The Kier molecular flexibility index (Phi) is 5.50. The molecule has 0 bridgehead atoms. The van der Waals surface area contributed by atoms with E-state index in [0.29, 0.717) is 37.2 Å². The minimum absolute atomic E-state index is 0.177. The van der Waals surface area contributed by atoms with Gasteiger partial charge in [0.25, 0.3) is 0 Å². The molecule has 10 heteroatoms. The minimum Gasteiger partial charge on any atom is -0.384 e. The van der Waals surface area contributed by atoms with Gasteiger partial charge in [-0.25, -0.2) is 9.48 Å². The highest BCUT2D eigenvalue weighted by Gasteiger charge is 2.34. The number of aryl methyl sites for hydroxylation is 1. The molecule has 26 heavy (non-hydrogen) atoms. The Labute approximate surface area is 151 Å². The summed E-state index contributed by atoms with van der Waals surface area (Å²) >= 11 is 0. The summed E-state index contributed by atoms with van der Waals surface area (Å²) in [6, 6.07) is -0.311. The summed E-state index contributed by atoms with van der Waals surface area (Å²) in [5.74, 6) is 2.11. The zero-order valence-corrected chi connectivity index (χ0v) is 15.6. The molecule has 1 aliphatic heterocycles. The maximum atomic E-state index is 12.7. The smallest absolute Gasteiger partial charge is 0.324 e. The van der Waals surface area contributed by atoms with Gasteiger partial charge in [-0.1, -0.05) is 5.16 Å². The second-order valence-corrected chi connectivity index (χ2v) is 6.59. The molecule has 2 amide bonds. The van der Waals surface area contributed by atoms with Crippen molar-refractivity contribution < 1.29 is 14.1 Å². The molecule has 3 rings (SSSR count). The largest absolute Gasteiger partial charge is 0.384 e. The van der Waals surface area contributed by atoms with Gasteiger partial charge in [-0.05, 0) is 33.6 Å². The fourth-order valence-corrected chi connectivity index (χ4v) is 3.08. The lowest BCUT2D eigenvalue weighted by molar-refractivity contribution is 0.192. The molecule has 1 aliphatic rings. The van der Waals surface area contributed by atoms with Crippen molar-refractivity contribution in [1.29, 1.82) is 0 Å². The maximum Gasteiger partial charge on any atom is 0.324 e. The molecule has 1 fully saturated rings. The van der Waals surface area contributed by atoms with Gasteiger partial charge in [0.05, 0.1) is 6.61 Å². The molecule has 1 N–H and O–H groups in total. The van der Waals surface area contributed by atoms with Gasteiger partial charge in [-0.2, -0.15) is 9.97 Å². The summed E-state index contributed by atoms with van der Waals surface area (Å²) in [6.07, 6.45) is 2.24. The van der Waals surface area contributed by atoms with Crippen molar-refractivity contribution in [3.63, 3.8) is 0 Å². The molecule has 0 spiro atoms. The van der Waals surface area contributed by atoms with Gasteiger partial charge >= 0.3 is 6.03 Å². The van der Waals surface area contributed by atoms with E-state index in [1.54, 1.807) is 16.7 Å². The molecular formula is C16H25N7O3. The summed E-state index contributed by atoms with van der Waals surface area (Å²) in [5.41, 5.74) is 0. The van der Waals surface area contributed by atoms with Crippen LogP contribution in [0.15, 0.2) is 4.52 Å². The van der Waals surface area contributed by atoms with E-state index in [2.05, 4.69) is 25.5 Å². The normalized spacial score (nSPS) is 17.3. The lowest BCUT2D eigenvalue weighted by atomic mass is 10.2. The number of hydrogen-bond acceptors (Lipinski definition) is 7. The molecule has 1 saturated heterocycles. The first-order valence-corrected chi connectivity index (χ1v) is 8.81. The number of carbonyl (C=O) groups excluding carboxylic acids is 1. The van der Waals surface area contributed by atoms with Gasteiger partial charge in [0.15, 0.2) is 5.82 Å². The van der Waals surface area contributed by atoms with Crippen LogP contribution in [-0.2, 0) is 11.2 Å². The van der Waals surface area contributed by atoms with E-state index in [1.807, 2.05) is 20.8 Å². The lowest BCUT2D eigenvalue weighted by Crippen LogP contribution is -2.35. The Hall–Kier alpha value is -2.49. The number of likely N-dealkylation sites (tertiary alicyclic amines) is 1. The Bertz CT molecular complexity index is 755. The van der Waals surface area contributed by atoms with Crippen LogP contribution in [0.5, 0.6) is 0 Å². The monoisotopic (exact) mass is 363 g/mol. The van der Waals surface area contributed by atoms with E-state index in [1.165, 1.54) is 0 Å². The molecular weight excluding hydrogens is 338 g/mol. The average Bonchev–Trinajstić information content (AvgIpc) is 3.31. The van der Waals surface area contributed by atoms with Gasteiger partial charge < -0.3 is 14.2 Å². The van der Waals surface area contributed by atoms with Crippen LogP contribution in [0.4, 0.5) is 10.7 Å². The highest BCUT2D eigenvalue weighted by Crippen LogP contribution is 2.31. The predicted molar refractivity (Wildman–Crippen MR) is 92.7 cm³/mol. The first-order chi connectivity index (χ1) is 12.5. The fourth-order valence-electron chi connectivity index (χ4n) is 3.08. The Morgan fingerprint density at radius 2 is 2.23 bits per heavy atom. The number of carbonyl (C=O) groups is 1. The van der Waals surface area contributed by atoms with E-state index in [0.717, 1.165) is 18.7 Å². The van der Waals surface area contributed by atoms with Gasteiger partial charge in [0.2, 0.25) is 11.8 Å². The number of amides is 2. The van der Waals surface area contributed by atoms with E-state index in [4.69, 9.17) is 9.26 Å². The van der Waals surface area contributed by atoms with Gasteiger partial charge in [0.1, 0.15) is 11.9 Å². The van der Waals surface area contributed by atoms with Crippen molar-refractivity contribution >= 4 is 12.0 Å². The number of rotatable bonds is 6. The second-order valence-electron chi connectivity index (χ2n) is 6.59. The predicted octanol–water partition coefficient (Wildman–Crippen LogP) is 2.11. The maximum absolute atomic E-state index is 12.7. The summed E-state index contributed by atoms with van der Waals surface area (Å²) in [5, 5.41) is 11.1. The third-order valence-electron chi connectivity index (χ3n) is 4.32. The summed E-state index contributed by atoms with van der Waals surface area (Å²) in [7, 11) is 1.63. The van der Waals surface area contributed by atoms with Crippen molar-refractivity contribution in [2.24, 2.45) is 0 Å². The van der Waals surface area contributed by atoms with Crippen molar-refractivity contribution in [2.75, 3.05) is 25.6 Å². The zero-order valence-electron chi connectivity index (χ0n) is 15.6. The minimum atomic E-state index is -0.259. The van der Waals surface area contributed by atoms with Crippen LogP contribution < -0.4 is 5.32 Å². The van der Waals surface area contributed by atoms with Gasteiger partial charge in [0, 0.05) is 26.1 Å². The molecule has 3 heterocycles. The molecule has 1 atom stereocenters. The number of anilines is 1. The molecule has 142 valence electrons. The Morgan fingerprint density at radius 1 is 1.42 bits per heavy atom. The standard InChI is InChI=1S/C16H25N7O3/c1-10(2)23-11(3)17-15(20-23)19-16(24)22-8-5-6-12(22)14-18-13(21-26-14)7-9-25-4/h10,12H,5-9H2,1-4H3,(H,19,20,24)/t12-/m0/s1. The first-order valence-electron chi connectivity index (χ1n) is 8.81. The van der Waals surface area contributed by atoms with Crippen LogP contribution >= 0.6 is 0 Å². The zero-order chi connectivity index (χ0) is 18.7. The molecule has 2 aromatic heterocycles. The summed E-state index contributed by atoms with van der Waals surface area (Å²) in [6.45, 7) is 7.04. The molecule has 0 unspecified atom stereocenters. The number of urea groups is 1. The number of hydrogen-bond donors (Lipinski definition) is 1. The van der Waals surface area contributed by atoms with Crippen molar-refractivity contribution in [3.8, 4) is 0 Å². The van der Waals surface area contributed by atoms with Crippen LogP contribution in [0, 0.1) is 6.92 Å². The third-order valence-corrected chi connectivity index (χ3v) is 4.32. The van der Waals surface area contributed by atoms with Crippen LogP contribution in [0.1, 0.15) is 56.3 Å². The van der Waals surface area contributed by atoms with E-state index in [-0.39, 0.29) is 18.1 Å². The summed E-state index contributed by atoms with van der Waals surface area (Å²) in [4.78, 5) is 23.1. The molecule has 2 aromatic rings. The van der Waals surface area contributed by atoms with E-state index >= 15 is 0 Å². The van der Waals surface area contributed by atoms with Crippen LogP contribution in [0.3, 0.4) is 0 Å². The van der Waals surface area contributed by atoms with Crippen molar-refractivity contribution in [2.45, 2.75) is 52.1 Å². The number of ether oxygens (including phenoxy) is 1. The van der Waals surface area contributed by atoms with Crippen molar-refractivity contribution in [3.05, 3.63) is 17.5 Å². The van der Waals surface area contributed by atoms with E-state index < -0.39 is 0 Å². The van der Waals surface area contributed by atoms with Crippen molar-refractivity contribution in [1.82, 2.24) is 29.8 Å². The fraction of sp³-hybridized carbons (Fsp3) is 0.688. The Morgan fingerprint density at radius 3 is 2.92 bits per heavy atom. The van der Waals surface area contributed by atoms with Gasteiger partial charge in [-0.3, -0.25) is 5.32 Å². The second kappa shape index (κ2) is 7.81. The SMILES string of the molecule is COCCc1noc([C@@H]2CCCN2C(=O)Nc2nc(C)n(C(C)C)n2)n1. The molecule has 0 aliphatic carbocycles. The van der Waals surface area contributed by atoms with Crippen LogP contribution in [0.2, 0.25) is 0 Å². The highest BCUT2D eigenvalue weighted by atomic mass is 16.5. The third kappa shape index (κ3) is 3.85. The lowest BCUT2D eigenvalue weighted by Gasteiger charge is -2.21. The van der Waals surface area contributed by atoms with Gasteiger partial charge in [-0.15, -0.1) is 5.10 Å².